The molecule has 0 saturated carbocycles. The van der Waals surface area contributed by atoms with Crippen LogP contribution in [0.3, 0.4) is 0 Å². The van der Waals surface area contributed by atoms with Gasteiger partial charge in [-0.15, -0.1) is 0 Å². The van der Waals surface area contributed by atoms with Gasteiger partial charge in [0, 0.05) is 44.1 Å². The maximum Gasteiger partial charge on any atom is 0.222 e. The van der Waals surface area contributed by atoms with Crippen LogP contribution in [-0.4, -0.2) is 46.0 Å². The second-order valence-electron chi connectivity index (χ2n) is 6.32. The van der Waals surface area contributed by atoms with Gasteiger partial charge in [-0.3, -0.25) is 14.7 Å². The van der Waals surface area contributed by atoms with E-state index in [1.54, 1.807) is 0 Å². The van der Waals surface area contributed by atoms with Crippen LogP contribution >= 0.6 is 0 Å². The molecule has 2 aliphatic rings. The van der Waals surface area contributed by atoms with Crippen molar-refractivity contribution in [1.29, 1.82) is 0 Å². The molecule has 2 heterocycles. The van der Waals surface area contributed by atoms with Crippen molar-refractivity contribution in [3.8, 4) is 0 Å². The van der Waals surface area contributed by atoms with E-state index in [9.17, 15) is 9.59 Å². The van der Waals surface area contributed by atoms with Crippen LogP contribution in [0.2, 0.25) is 0 Å². The summed E-state index contributed by atoms with van der Waals surface area (Å²) in [5, 5.41) is 10.1. The summed E-state index contributed by atoms with van der Waals surface area (Å²) in [7, 11) is 0. The van der Waals surface area contributed by atoms with Crippen LogP contribution in [0.1, 0.15) is 49.8 Å². The molecule has 1 aromatic heterocycles. The molecule has 1 saturated heterocycles. The predicted molar refractivity (Wildman–Crippen MR) is 82.2 cm³/mol. The Kier molecular flexibility index (Phi) is 4.75. The fraction of sp³-hybridized carbons (Fsp3) is 0.688. The van der Waals surface area contributed by atoms with Gasteiger partial charge in [0.2, 0.25) is 11.8 Å². The minimum absolute atomic E-state index is 0.0463. The summed E-state index contributed by atoms with van der Waals surface area (Å²) < 4.78 is 0. The lowest BCUT2D eigenvalue weighted by Crippen LogP contribution is -2.41. The van der Waals surface area contributed by atoms with Crippen molar-refractivity contribution in [2.24, 2.45) is 0 Å². The first-order valence-electron chi connectivity index (χ1n) is 8.30. The van der Waals surface area contributed by atoms with Crippen molar-refractivity contribution in [3.63, 3.8) is 0 Å². The largest absolute Gasteiger partial charge is 0.353 e. The molecule has 0 spiro atoms. The summed E-state index contributed by atoms with van der Waals surface area (Å²) in [4.78, 5) is 25.9. The van der Waals surface area contributed by atoms with Gasteiger partial charge in [0.05, 0.1) is 6.20 Å². The summed E-state index contributed by atoms with van der Waals surface area (Å²) in [6.07, 6.45) is 8.80. The van der Waals surface area contributed by atoms with Gasteiger partial charge in [0.15, 0.2) is 0 Å². The van der Waals surface area contributed by atoms with Crippen molar-refractivity contribution < 1.29 is 9.59 Å². The average molecular weight is 304 g/mol. The van der Waals surface area contributed by atoms with Gasteiger partial charge in [-0.25, -0.2) is 0 Å². The van der Waals surface area contributed by atoms with Crippen LogP contribution in [0.5, 0.6) is 0 Å². The van der Waals surface area contributed by atoms with Crippen LogP contribution in [0.25, 0.3) is 0 Å². The first kappa shape index (κ1) is 15.1. The average Bonchev–Trinajstić information content (AvgIpc) is 2.87. The number of fused-ring (bicyclic) bond motifs is 1. The normalized spacial score (nSPS) is 22.1. The van der Waals surface area contributed by atoms with Gasteiger partial charge in [-0.05, 0) is 31.2 Å². The molecule has 3 rings (SSSR count). The Morgan fingerprint density at radius 2 is 2.27 bits per heavy atom. The molecule has 22 heavy (non-hydrogen) atoms. The summed E-state index contributed by atoms with van der Waals surface area (Å²) in [5.74, 6) is 0.245. The summed E-state index contributed by atoms with van der Waals surface area (Å²) in [5.41, 5.74) is 2.40. The third kappa shape index (κ3) is 3.67. The second-order valence-corrected chi connectivity index (χ2v) is 6.32. The van der Waals surface area contributed by atoms with Gasteiger partial charge < -0.3 is 10.2 Å². The first-order valence-corrected chi connectivity index (χ1v) is 8.30. The van der Waals surface area contributed by atoms with E-state index < -0.39 is 0 Å². The number of amides is 2. The molecular formula is C16H24N4O2. The number of rotatable bonds is 4. The summed E-state index contributed by atoms with van der Waals surface area (Å²) in [6.45, 7) is 1.35. The number of carbonyl (C=O) groups excluding carboxylic acids is 2. The van der Waals surface area contributed by atoms with Crippen LogP contribution in [0.4, 0.5) is 0 Å². The van der Waals surface area contributed by atoms with Crippen LogP contribution in [-0.2, 0) is 22.4 Å². The fourth-order valence-corrected chi connectivity index (χ4v) is 3.34. The lowest BCUT2D eigenvalue weighted by molar-refractivity contribution is -0.131. The zero-order valence-corrected chi connectivity index (χ0v) is 12.9. The predicted octanol–water partition coefficient (Wildman–Crippen LogP) is 1.18. The van der Waals surface area contributed by atoms with Crippen molar-refractivity contribution in [2.75, 3.05) is 13.1 Å². The fourth-order valence-electron chi connectivity index (χ4n) is 3.34. The Morgan fingerprint density at radius 1 is 1.36 bits per heavy atom. The number of likely N-dealkylation sites (tertiary alicyclic amines) is 1. The molecule has 1 aliphatic carbocycles. The topological polar surface area (TPSA) is 78.1 Å². The highest BCUT2D eigenvalue weighted by Gasteiger charge is 2.22. The third-order valence-electron chi connectivity index (χ3n) is 4.67. The van der Waals surface area contributed by atoms with Gasteiger partial charge in [0.25, 0.3) is 0 Å². The van der Waals surface area contributed by atoms with Gasteiger partial charge in [-0.1, -0.05) is 6.42 Å². The molecule has 120 valence electrons. The molecule has 6 heteroatoms. The molecule has 2 N–H and O–H groups in total. The van der Waals surface area contributed by atoms with Crippen LogP contribution in [0.15, 0.2) is 6.20 Å². The summed E-state index contributed by atoms with van der Waals surface area (Å²) in [6, 6.07) is 0.181. The van der Waals surface area contributed by atoms with Crippen LogP contribution < -0.4 is 5.32 Å². The molecule has 1 atom stereocenters. The van der Waals surface area contributed by atoms with E-state index in [0.717, 1.165) is 50.8 Å². The molecular weight excluding hydrogens is 280 g/mol. The van der Waals surface area contributed by atoms with Crippen molar-refractivity contribution in [2.45, 2.75) is 57.4 Å². The standard InChI is InChI=1S/C16H24N4O2/c21-15(7-9-20-8-3-1-2-4-16(20)22)18-13-6-5-12-11-17-19-14(12)10-13/h11,13H,1-10H2,(H,17,19)(H,18,21). The highest BCUT2D eigenvalue weighted by molar-refractivity contribution is 5.79. The molecule has 2 amide bonds. The quantitative estimate of drug-likeness (QED) is 0.876. The summed E-state index contributed by atoms with van der Waals surface area (Å²) >= 11 is 0. The van der Waals surface area contributed by atoms with E-state index in [-0.39, 0.29) is 17.9 Å². The Morgan fingerprint density at radius 3 is 3.18 bits per heavy atom. The number of aryl methyl sites for hydroxylation is 1. The Labute approximate surface area is 130 Å². The van der Waals surface area contributed by atoms with Gasteiger partial charge >= 0.3 is 0 Å². The highest BCUT2D eigenvalue weighted by Crippen LogP contribution is 2.19. The number of aromatic amines is 1. The second kappa shape index (κ2) is 6.94. The van der Waals surface area contributed by atoms with E-state index in [1.165, 1.54) is 5.56 Å². The molecule has 0 bridgehead atoms. The third-order valence-corrected chi connectivity index (χ3v) is 4.67. The highest BCUT2D eigenvalue weighted by atomic mass is 16.2. The Bertz CT molecular complexity index is 540. The molecule has 0 radical (unpaired) electrons. The molecule has 1 aliphatic heterocycles. The van der Waals surface area contributed by atoms with Gasteiger partial charge in [-0.2, -0.15) is 5.10 Å². The number of nitrogens with one attached hydrogen (secondary N) is 2. The van der Waals surface area contributed by atoms with E-state index in [2.05, 4.69) is 15.5 Å². The maximum absolute atomic E-state index is 12.1. The molecule has 1 fully saturated rings. The van der Waals surface area contributed by atoms with E-state index >= 15 is 0 Å². The number of hydrogen-bond acceptors (Lipinski definition) is 3. The van der Waals surface area contributed by atoms with Crippen molar-refractivity contribution in [3.05, 3.63) is 17.5 Å². The molecule has 1 unspecified atom stereocenters. The van der Waals surface area contributed by atoms with Crippen LogP contribution in [0, 0.1) is 0 Å². The number of H-pyrrole nitrogens is 1. The van der Waals surface area contributed by atoms with Gasteiger partial charge in [0.1, 0.15) is 0 Å². The van der Waals surface area contributed by atoms with E-state index in [0.29, 0.717) is 19.4 Å². The lowest BCUT2D eigenvalue weighted by Gasteiger charge is -2.24. The Balaban J connectivity index is 1.44. The number of hydrogen-bond donors (Lipinski definition) is 2. The first-order chi connectivity index (χ1) is 10.7. The zero-order valence-electron chi connectivity index (χ0n) is 12.9. The van der Waals surface area contributed by atoms with E-state index in [4.69, 9.17) is 0 Å². The monoisotopic (exact) mass is 304 g/mol. The minimum Gasteiger partial charge on any atom is -0.353 e. The van der Waals surface area contributed by atoms with Crippen molar-refractivity contribution >= 4 is 11.8 Å². The number of nitrogens with zero attached hydrogens (tertiary/aromatic N) is 2. The van der Waals surface area contributed by atoms with E-state index in [1.807, 2.05) is 11.1 Å². The molecule has 6 nitrogen and oxygen atoms in total. The maximum atomic E-state index is 12.1. The number of carbonyl (C=O) groups is 2. The van der Waals surface area contributed by atoms with Crippen molar-refractivity contribution in [1.82, 2.24) is 20.4 Å². The Hall–Kier alpha value is -1.85. The molecule has 1 aromatic rings. The minimum atomic E-state index is 0.0463. The smallest absolute Gasteiger partial charge is 0.222 e. The SMILES string of the molecule is O=C(CCN1CCCCCC1=O)NC1CCc2cn[nH]c2C1. The molecule has 0 aromatic carbocycles. The zero-order chi connectivity index (χ0) is 15.4. The number of aromatic nitrogens is 2. The lowest BCUT2D eigenvalue weighted by atomic mass is 9.94.